The summed E-state index contributed by atoms with van der Waals surface area (Å²) in [6.45, 7) is 16.1. The minimum Gasteiger partial charge on any atom is -0.230 e. The van der Waals surface area contributed by atoms with Crippen molar-refractivity contribution in [1.29, 1.82) is 0 Å². The molecule has 2 heteroatoms. The maximum absolute atomic E-state index is 5.09. The Kier molecular flexibility index (Phi) is 7.32. The van der Waals surface area contributed by atoms with Crippen molar-refractivity contribution < 1.29 is 9.78 Å². The summed E-state index contributed by atoms with van der Waals surface area (Å²) >= 11 is 0. The van der Waals surface area contributed by atoms with E-state index >= 15 is 0 Å². The van der Waals surface area contributed by atoms with Crippen LogP contribution in [0.1, 0.15) is 66.9 Å². The molecule has 0 aliphatic heterocycles. The molecule has 0 spiro atoms. The van der Waals surface area contributed by atoms with Crippen molar-refractivity contribution in [2.24, 2.45) is 0 Å². The van der Waals surface area contributed by atoms with E-state index in [2.05, 4.69) is 38.1 Å². The van der Waals surface area contributed by atoms with Gasteiger partial charge in [-0.15, -0.1) is 0 Å². The van der Waals surface area contributed by atoms with Crippen molar-refractivity contribution in [3.8, 4) is 0 Å². The zero-order valence-electron chi connectivity index (χ0n) is 13.8. The van der Waals surface area contributed by atoms with Crippen molar-refractivity contribution >= 4 is 0 Å². The van der Waals surface area contributed by atoms with E-state index in [0.29, 0.717) is 5.92 Å². The molecule has 0 saturated carbocycles. The lowest BCUT2D eigenvalue weighted by Gasteiger charge is -2.24. The Hall–Kier alpha value is -0.860. The van der Waals surface area contributed by atoms with Gasteiger partial charge in [-0.25, -0.2) is 9.78 Å². The van der Waals surface area contributed by atoms with E-state index in [-0.39, 0.29) is 11.2 Å². The SMILES string of the molecule is CC(C)(C)OOC(C)(C)C.CC(C)c1ccccc1. The zero-order valence-corrected chi connectivity index (χ0v) is 13.8. The van der Waals surface area contributed by atoms with Crippen LogP contribution in [-0.4, -0.2) is 11.2 Å². The van der Waals surface area contributed by atoms with E-state index < -0.39 is 0 Å². The fourth-order valence-corrected chi connectivity index (χ4v) is 1.09. The Morgan fingerprint density at radius 2 is 1.11 bits per heavy atom. The molecule has 0 aromatic heterocycles. The average molecular weight is 266 g/mol. The Morgan fingerprint density at radius 3 is 1.32 bits per heavy atom. The van der Waals surface area contributed by atoms with Crippen LogP contribution in [0.5, 0.6) is 0 Å². The van der Waals surface area contributed by atoms with E-state index in [4.69, 9.17) is 9.78 Å². The van der Waals surface area contributed by atoms with Crippen molar-refractivity contribution in [3.05, 3.63) is 35.9 Å². The standard InChI is InChI=1S/C9H12.C8H18O2/c1-8(2)9-6-4-3-5-7-9;1-7(2,3)9-10-8(4,5)6/h3-8H,1-2H3;1-6H3. The number of rotatable bonds is 2. The van der Waals surface area contributed by atoms with E-state index in [9.17, 15) is 0 Å². The minimum absolute atomic E-state index is 0.215. The van der Waals surface area contributed by atoms with Crippen LogP contribution in [0.2, 0.25) is 0 Å². The van der Waals surface area contributed by atoms with Crippen LogP contribution >= 0.6 is 0 Å². The predicted molar refractivity (Wildman–Crippen MR) is 82.2 cm³/mol. The molecule has 110 valence electrons. The summed E-state index contributed by atoms with van der Waals surface area (Å²) in [6.07, 6.45) is 0. The van der Waals surface area contributed by atoms with E-state index in [1.54, 1.807) is 0 Å². The van der Waals surface area contributed by atoms with Gasteiger partial charge in [0, 0.05) is 0 Å². The van der Waals surface area contributed by atoms with Crippen molar-refractivity contribution in [2.45, 2.75) is 72.5 Å². The highest BCUT2D eigenvalue weighted by Gasteiger charge is 2.18. The number of hydrogen-bond donors (Lipinski definition) is 0. The van der Waals surface area contributed by atoms with Crippen molar-refractivity contribution in [2.75, 3.05) is 0 Å². The molecule has 0 heterocycles. The molecule has 0 aliphatic rings. The molecule has 0 N–H and O–H groups in total. The van der Waals surface area contributed by atoms with Crippen LogP contribution in [0.25, 0.3) is 0 Å². The first-order valence-electron chi connectivity index (χ1n) is 6.93. The normalized spacial score (nSPS) is 12.1. The first kappa shape index (κ1) is 18.1. The summed E-state index contributed by atoms with van der Waals surface area (Å²) in [7, 11) is 0. The van der Waals surface area contributed by atoms with Gasteiger partial charge in [-0.05, 0) is 53.0 Å². The molecule has 0 unspecified atom stereocenters. The highest BCUT2D eigenvalue weighted by Crippen LogP contribution is 2.14. The molecule has 0 atom stereocenters. The fourth-order valence-electron chi connectivity index (χ4n) is 1.09. The third kappa shape index (κ3) is 11.9. The maximum atomic E-state index is 5.09. The third-order valence-corrected chi connectivity index (χ3v) is 2.01. The van der Waals surface area contributed by atoms with Crippen molar-refractivity contribution in [1.82, 2.24) is 0 Å². The third-order valence-electron chi connectivity index (χ3n) is 2.01. The first-order chi connectivity index (χ1) is 8.51. The van der Waals surface area contributed by atoms with E-state index in [1.165, 1.54) is 5.56 Å². The summed E-state index contributed by atoms with van der Waals surface area (Å²) in [5, 5.41) is 0. The quantitative estimate of drug-likeness (QED) is 0.531. The molecular formula is C17H30O2. The second-order valence-electron chi connectivity index (χ2n) is 6.96. The molecule has 0 fully saturated rings. The molecule has 0 bridgehead atoms. The van der Waals surface area contributed by atoms with Gasteiger partial charge in [-0.3, -0.25) is 0 Å². The molecule has 2 nitrogen and oxygen atoms in total. The smallest absolute Gasteiger partial charge is 0.0952 e. The highest BCUT2D eigenvalue weighted by molar-refractivity contribution is 5.17. The monoisotopic (exact) mass is 266 g/mol. The topological polar surface area (TPSA) is 18.5 Å². The van der Waals surface area contributed by atoms with Gasteiger partial charge in [-0.1, -0.05) is 44.2 Å². The number of hydrogen-bond acceptors (Lipinski definition) is 2. The summed E-state index contributed by atoms with van der Waals surface area (Å²) in [5.74, 6) is 0.659. The van der Waals surface area contributed by atoms with Crippen LogP contribution in [0.3, 0.4) is 0 Å². The molecule has 19 heavy (non-hydrogen) atoms. The molecule has 0 saturated heterocycles. The van der Waals surface area contributed by atoms with Gasteiger partial charge in [-0.2, -0.15) is 0 Å². The molecule has 1 aromatic rings. The summed E-state index contributed by atoms with van der Waals surface area (Å²) in [4.78, 5) is 10.2. The van der Waals surface area contributed by atoms with Gasteiger partial charge in [0.1, 0.15) is 0 Å². The minimum atomic E-state index is -0.215. The Bertz CT molecular complexity index is 315. The van der Waals surface area contributed by atoms with Gasteiger partial charge < -0.3 is 0 Å². The highest BCUT2D eigenvalue weighted by atomic mass is 17.2. The maximum Gasteiger partial charge on any atom is 0.0952 e. The molecule has 0 radical (unpaired) electrons. The molecule has 0 amide bonds. The van der Waals surface area contributed by atoms with Gasteiger partial charge in [0.2, 0.25) is 0 Å². The van der Waals surface area contributed by atoms with Gasteiger partial charge in [0.25, 0.3) is 0 Å². The summed E-state index contributed by atoms with van der Waals surface area (Å²) in [5.41, 5.74) is 0.984. The van der Waals surface area contributed by atoms with Crippen LogP contribution < -0.4 is 0 Å². The average Bonchev–Trinajstić information content (AvgIpc) is 2.27. The van der Waals surface area contributed by atoms with Crippen LogP contribution in [-0.2, 0) is 9.78 Å². The molecule has 1 rings (SSSR count). The second kappa shape index (κ2) is 7.66. The van der Waals surface area contributed by atoms with Gasteiger partial charge in [0.05, 0.1) is 11.2 Å². The van der Waals surface area contributed by atoms with Crippen LogP contribution in [0.4, 0.5) is 0 Å². The lowest BCUT2D eigenvalue weighted by Crippen LogP contribution is -2.27. The summed E-state index contributed by atoms with van der Waals surface area (Å²) < 4.78 is 0. The molecule has 0 aliphatic carbocycles. The van der Waals surface area contributed by atoms with Crippen LogP contribution in [0, 0.1) is 0 Å². The van der Waals surface area contributed by atoms with Gasteiger partial charge in [0.15, 0.2) is 0 Å². The number of benzene rings is 1. The fraction of sp³-hybridized carbons (Fsp3) is 0.647. The lowest BCUT2D eigenvalue weighted by molar-refractivity contribution is -0.393. The molecular weight excluding hydrogens is 236 g/mol. The van der Waals surface area contributed by atoms with Gasteiger partial charge >= 0.3 is 0 Å². The zero-order chi connectivity index (χ0) is 15.1. The Balaban J connectivity index is 0.000000342. The largest absolute Gasteiger partial charge is 0.230 e. The first-order valence-corrected chi connectivity index (χ1v) is 6.93. The van der Waals surface area contributed by atoms with E-state index in [0.717, 1.165) is 0 Å². The summed E-state index contributed by atoms with van der Waals surface area (Å²) in [6, 6.07) is 10.5. The van der Waals surface area contributed by atoms with Crippen LogP contribution in [0.15, 0.2) is 30.3 Å². The Labute approximate surface area is 119 Å². The lowest BCUT2D eigenvalue weighted by atomic mass is 10.0. The molecule has 1 aromatic carbocycles. The second-order valence-corrected chi connectivity index (χ2v) is 6.96. The van der Waals surface area contributed by atoms with E-state index in [1.807, 2.05) is 47.6 Å². The Morgan fingerprint density at radius 1 is 0.737 bits per heavy atom. The predicted octanol–water partition coefficient (Wildman–Crippen LogP) is 5.34. The van der Waals surface area contributed by atoms with Crippen molar-refractivity contribution in [3.63, 3.8) is 0 Å².